The summed E-state index contributed by atoms with van der Waals surface area (Å²) < 4.78 is 11.1. The van der Waals surface area contributed by atoms with E-state index in [1.807, 2.05) is 0 Å². The second-order valence-electron chi connectivity index (χ2n) is 7.84. The highest BCUT2D eigenvalue weighted by atomic mass is 16.5. The van der Waals surface area contributed by atoms with Gasteiger partial charge in [0, 0.05) is 12.0 Å². The van der Waals surface area contributed by atoms with Gasteiger partial charge in [-0.2, -0.15) is 0 Å². The summed E-state index contributed by atoms with van der Waals surface area (Å²) in [5, 5.41) is 0. The molecule has 0 bridgehead atoms. The van der Waals surface area contributed by atoms with Crippen LogP contribution in [-0.2, 0) is 0 Å². The average molecular weight is 411 g/mol. The lowest BCUT2D eigenvalue weighted by atomic mass is 9.98. The molecule has 1 atom stereocenters. The first-order valence-corrected chi connectivity index (χ1v) is 11.1. The van der Waals surface area contributed by atoms with Gasteiger partial charge in [0.25, 0.3) is 0 Å². The summed E-state index contributed by atoms with van der Waals surface area (Å²) in [6, 6.07) is 13.8. The van der Waals surface area contributed by atoms with Gasteiger partial charge in [-0.25, -0.2) is 4.79 Å². The molecule has 30 heavy (non-hydrogen) atoms. The van der Waals surface area contributed by atoms with Gasteiger partial charge in [-0.3, -0.25) is 4.79 Å². The Bertz CT molecular complexity index is 778. The molecule has 0 saturated carbocycles. The monoisotopic (exact) mass is 410 g/mol. The van der Waals surface area contributed by atoms with E-state index in [0.29, 0.717) is 35.8 Å². The van der Waals surface area contributed by atoms with Crippen molar-refractivity contribution in [2.24, 2.45) is 5.92 Å². The van der Waals surface area contributed by atoms with Crippen molar-refractivity contribution < 1.29 is 19.1 Å². The molecule has 0 spiro atoms. The standard InChI is InChI=1S/C26H34O4/c1-4-6-7-8-9-18-29-23-14-12-22(13-15-23)26(28)30-24-16-10-21(11-17-24)25(27)19-20(3)5-2/h10-17,20H,4-9,18-19H2,1-3H3. The van der Waals surface area contributed by atoms with E-state index in [1.165, 1.54) is 25.7 Å². The number of esters is 1. The number of carbonyl (C=O) groups is 2. The normalized spacial score (nSPS) is 11.7. The summed E-state index contributed by atoms with van der Waals surface area (Å²) in [4.78, 5) is 24.6. The second-order valence-corrected chi connectivity index (χ2v) is 7.84. The van der Waals surface area contributed by atoms with Gasteiger partial charge in [0.2, 0.25) is 0 Å². The van der Waals surface area contributed by atoms with Gasteiger partial charge in [-0.15, -0.1) is 0 Å². The van der Waals surface area contributed by atoms with E-state index in [9.17, 15) is 9.59 Å². The molecule has 0 amide bonds. The highest BCUT2D eigenvalue weighted by molar-refractivity contribution is 5.96. The minimum absolute atomic E-state index is 0.114. The molecule has 0 heterocycles. The highest BCUT2D eigenvalue weighted by Crippen LogP contribution is 2.19. The molecule has 2 aromatic rings. The van der Waals surface area contributed by atoms with Crippen molar-refractivity contribution in [1.82, 2.24) is 0 Å². The molecule has 2 rings (SSSR count). The number of ketones is 1. The van der Waals surface area contributed by atoms with Crippen LogP contribution in [0.2, 0.25) is 0 Å². The SMILES string of the molecule is CCCCCCCOc1ccc(C(=O)Oc2ccc(C(=O)CC(C)CC)cc2)cc1. The third-order valence-corrected chi connectivity index (χ3v) is 5.22. The molecule has 2 aromatic carbocycles. The predicted octanol–water partition coefficient (Wildman–Crippen LogP) is 6.87. The molecule has 4 nitrogen and oxygen atoms in total. The van der Waals surface area contributed by atoms with Gasteiger partial charge < -0.3 is 9.47 Å². The van der Waals surface area contributed by atoms with Crippen LogP contribution >= 0.6 is 0 Å². The number of carbonyl (C=O) groups excluding carboxylic acids is 2. The van der Waals surface area contributed by atoms with E-state index >= 15 is 0 Å². The Morgan fingerprint density at radius 1 is 0.800 bits per heavy atom. The molecule has 0 aliphatic rings. The molecule has 4 heteroatoms. The van der Waals surface area contributed by atoms with Crippen LogP contribution in [0.1, 0.15) is 86.4 Å². The van der Waals surface area contributed by atoms with Crippen LogP contribution in [0, 0.1) is 5.92 Å². The van der Waals surface area contributed by atoms with Crippen molar-refractivity contribution in [3.05, 3.63) is 59.7 Å². The molecule has 0 radical (unpaired) electrons. The topological polar surface area (TPSA) is 52.6 Å². The molecule has 0 aliphatic carbocycles. The van der Waals surface area contributed by atoms with Crippen LogP contribution in [-0.4, -0.2) is 18.4 Å². The number of rotatable bonds is 13. The molecular formula is C26H34O4. The number of hydrogen-bond donors (Lipinski definition) is 0. The van der Waals surface area contributed by atoms with Gasteiger partial charge in [0.1, 0.15) is 11.5 Å². The van der Waals surface area contributed by atoms with Crippen molar-refractivity contribution in [3.63, 3.8) is 0 Å². The molecule has 0 saturated heterocycles. The van der Waals surface area contributed by atoms with Crippen LogP contribution in [0.5, 0.6) is 11.5 Å². The first kappa shape index (κ1) is 23.7. The molecule has 0 N–H and O–H groups in total. The smallest absolute Gasteiger partial charge is 0.343 e. The van der Waals surface area contributed by atoms with E-state index < -0.39 is 5.97 Å². The van der Waals surface area contributed by atoms with Gasteiger partial charge in [0.05, 0.1) is 12.2 Å². The molecular weight excluding hydrogens is 376 g/mol. The quantitative estimate of drug-likeness (QED) is 0.156. The number of Topliss-reactive ketones (excluding diaryl/α,β-unsaturated/α-hetero) is 1. The Morgan fingerprint density at radius 3 is 2.03 bits per heavy atom. The summed E-state index contributed by atoms with van der Waals surface area (Å²) in [7, 11) is 0. The van der Waals surface area contributed by atoms with E-state index in [4.69, 9.17) is 9.47 Å². The van der Waals surface area contributed by atoms with Crippen LogP contribution < -0.4 is 9.47 Å². The van der Waals surface area contributed by atoms with Crippen molar-refractivity contribution in [3.8, 4) is 11.5 Å². The van der Waals surface area contributed by atoms with Gasteiger partial charge >= 0.3 is 5.97 Å². The van der Waals surface area contributed by atoms with Crippen molar-refractivity contribution in [2.45, 2.75) is 65.7 Å². The van der Waals surface area contributed by atoms with Crippen LogP contribution in [0.4, 0.5) is 0 Å². The lowest BCUT2D eigenvalue weighted by Crippen LogP contribution is -2.09. The zero-order valence-electron chi connectivity index (χ0n) is 18.5. The van der Waals surface area contributed by atoms with E-state index in [1.54, 1.807) is 48.5 Å². The zero-order valence-corrected chi connectivity index (χ0v) is 18.5. The van der Waals surface area contributed by atoms with Gasteiger partial charge in [0.15, 0.2) is 5.78 Å². The van der Waals surface area contributed by atoms with E-state index in [0.717, 1.165) is 18.6 Å². The fourth-order valence-electron chi connectivity index (χ4n) is 3.04. The average Bonchev–Trinajstić information content (AvgIpc) is 2.76. The minimum Gasteiger partial charge on any atom is -0.494 e. The van der Waals surface area contributed by atoms with Crippen molar-refractivity contribution >= 4 is 11.8 Å². The minimum atomic E-state index is -0.431. The molecule has 1 unspecified atom stereocenters. The molecule has 0 aliphatic heterocycles. The Morgan fingerprint density at radius 2 is 1.40 bits per heavy atom. The lowest BCUT2D eigenvalue weighted by Gasteiger charge is -2.09. The maximum Gasteiger partial charge on any atom is 0.343 e. The first-order valence-electron chi connectivity index (χ1n) is 11.1. The third-order valence-electron chi connectivity index (χ3n) is 5.22. The Balaban J connectivity index is 1.82. The Hall–Kier alpha value is -2.62. The van der Waals surface area contributed by atoms with Crippen LogP contribution in [0.3, 0.4) is 0 Å². The summed E-state index contributed by atoms with van der Waals surface area (Å²) >= 11 is 0. The largest absolute Gasteiger partial charge is 0.494 e. The van der Waals surface area contributed by atoms with Gasteiger partial charge in [-0.05, 0) is 60.9 Å². The van der Waals surface area contributed by atoms with Crippen molar-refractivity contribution in [1.29, 1.82) is 0 Å². The summed E-state index contributed by atoms with van der Waals surface area (Å²) in [5.41, 5.74) is 1.11. The maximum absolute atomic E-state index is 12.4. The maximum atomic E-state index is 12.4. The van der Waals surface area contributed by atoms with Crippen LogP contribution in [0.15, 0.2) is 48.5 Å². The molecule has 162 valence electrons. The fourth-order valence-corrected chi connectivity index (χ4v) is 3.04. The highest BCUT2D eigenvalue weighted by Gasteiger charge is 2.12. The Labute approximate surface area is 180 Å². The number of hydrogen-bond acceptors (Lipinski definition) is 4. The molecule has 0 aromatic heterocycles. The third kappa shape index (κ3) is 8.02. The van der Waals surface area contributed by atoms with Gasteiger partial charge in [-0.1, -0.05) is 52.9 Å². The van der Waals surface area contributed by atoms with E-state index in [2.05, 4.69) is 20.8 Å². The summed E-state index contributed by atoms with van der Waals surface area (Å²) in [5.74, 6) is 1.23. The van der Waals surface area contributed by atoms with Crippen molar-refractivity contribution in [2.75, 3.05) is 6.61 Å². The number of unbranched alkanes of at least 4 members (excludes halogenated alkanes) is 4. The number of ether oxygens (including phenoxy) is 2. The lowest BCUT2D eigenvalue weighted by molar-refractivity contribution is 0.0734. The summed E-state index contributed by atoms with van der Waals surface area (Å²) in [6.45, 7) is 7.04. The first-order chi connectivity index (χ1) is 14.5. The molecule has 0 fully saturated rings. The second kappa shape index (κ2) is 12.8. The zero-order chi connectivity index (χ0) is 21.8. The summed E-state index contributed by atoms with van der Waals surface area (Å²) in [6.07, 6.45) is 7.48. The van der Waals surface area contributed by atoms with E-state index in [-0.39, 0.29) is 5.78 Å². The number of benzene rings is 2. The Kier molecular flexibility index (Phi) is 10.1. The van der Waals surface area contributed by atoms with Crippen LogP contribution in [0.25, 0.3) is 0 Å². The fraction of sp³-hybridized carbons (Fsp3) is 0.462. The predicted molar refractivity (Wildman–Crippen MR) is 120 cm³/mol.